The quantitative estimate of drug-likeness (QED) is 0.367. The van der Waals surface area contributed by atoms with Crippen LogP contribution in [-0.4, -0.2) is 4.57 Å². The summed E-state index contributed by atoms with van der Waals surface area (Å²) in [6.45, 7) is 2.20. The number of allylic oxidation sites excluding steroid dienone is 6. The predicted octanol–water partition coefficient (Wildman–Crippen LogP) is 7.08. The van der Waals surface area contributed by atoms with Gasteiger partial charge in [-0.3, -0.25) is 0 Å². The number of aryl methyl sites for hydroxylation is 1. The molecule has 0 aliphatic heterocycles. The lowest BCUT2D eigenvalue weighted by atomic mass is 9.99. The van der Waals surface area contributed by atoms with Crippen LogP contribution in [0, 0.1) is 6.92 Å². The van der Waals surface area contributed by atoms with Gasteiger partial charge in [0.1, 0.15) is 0 Å². The number of benzene rings is 3. The minimum atomic E-state index is 0.966. The lowest BCUT2D eigenvalue weighted by Crippen LogP contribution is -2.00. The van der Waals surface area contributed by atoms with E-state index in [4.69, 9.17) is 0 Å². The van der Waals surface area contributed by atoms with E-state index in [0.717, 1.165) is 12.8 Å². The van der Waals surface area contributed by atoms with Gasteiger partial charge in [-0.15, -0.1) is 0 Å². The van der Waals surface area contributed by atoms with Gasteiger partial charge in [0.05, 0.1) is 11.0 Å². The normalized spacial score (nSPS) is 13.8. The highest BCUT2D eigenvalue weighted by atomic mass is 15.0. The number of nitrogens with zero attached hydrogens (tertiary/aromatic N) is 1. The second-order valence-electron chi connectivity index (χ2n) is 7.47. The monoisotopic (exact) mass is 361 g/mol. The molecular weight excluding hydrogens is 338 g/mol. The second-order valence-corrected chi connectivity index (χ2v) is 7.47. The van der Waals surface area contributed by atoms with Gasteiger partial charge in [-0.05, 0) is 43.0 Å². The summed E-state index contributed by atoms with van der Waals surface area (Å²) in [6.07, 6.45) is 12.9. The molecular formula is C27H23N. The predicted molar refractivity (Wildman–Crippen MR) is 120 cm³/mol. The Morgan fingerprint density at radius 1 is 0.786 bits per heavy atom. The van der Waals surface area contributed by atoms with Crippen LogP contribution in [0.1, 0.15) is 17.5 Å². The van der Waals surface area contributed by atoms with Gasteiger partial charge in [0.25, 0.3) is 0 Å². The molecule has 0 unspecified atom stereocenters. The first kappa shape index (κ1) is 16.8. The molecule has 0 bridgehead atoms. The summed E-state index contributed by atoms with van der Waals surface area (Å²) >= 11 is 0. The third kappa shape index (κ3) is 2.80. The number of rotatable bonds is 3. The number of aromatic nitrogens is 1. The maximum atomic E-state index is 2.46. The number of fused-ring (bicyclic) bond motifs is 3. The highest BCUT2D eigenvalue weighted by Gasteiger charge is 2.16. The molecule has 1 heterocycles. The van der Waals surface area contributed by atoms with Crippen LogP contribution in [0.15, 0.2) is 103 Å². The molecule has 4 aromatic rings. The van der Waals surface area contributed by atoms with Gasteiger partial charge in [-0.25, -0.2) is 0 Å². The van der Waals surface area contributed by atoms with E-state index in [1.165, 1.54) is 44.2 Å². The molecule has 136 valence electrons. The summed E-state index contributed by atoms with van der Waals surface area (Å²) < 4.78 is 2.46. The van der Waals surface area contributed by atoms with E-state index in [0.29, 0.717) is 0 Å². The van der Waals surface area contributed by atoms with Crippen LogP contribution in [0.25, 0.3) is 27.5 Å². The van der Waals surface area contributed by atoms with Crippen LogP contribution >= 0.6 is 0 Å². The molecule has 1 heteroatoms. The van der Waals surface area contributed by atoms with Crippen molar-refractivity contribution >= 4 is 21.8 Å². The summed E-state index contributed by atoms with van der Waals surface area (Å²) in [4.78, 5) is 0. The highest BCUT2D eigenvalue weighted by molar-refractivity contribution is 6.10. The SMILES string of the molecule is Cc1ccccc1-n1c2ccccc2c2cccc(CC3=CC=CC=CC3)c21. The Kier molecular flexibility index (Phi) is 4.21. The molecule has 1 aliphatic rings. The zero-order valence-electron chi connectivity index (χ0n) is 16.1. The van der Waals surface area contributed by atoms with Crippen molar-refractivity contribution in [2.75, 3.05) is 0 Å². The highest BCUT2D eigenvalue weighted by Crippen LogP contribution is 2.35. The fourth-order valence-electron chi connectivity index (χ4n) is 4.29. The lowest BCUT2D eigenvalue weighted by molar-refractivity contribution is 1.06. The van der Waals surface area contributed by atoms with Gasteiger partial charge in [-0.1, -0.05) is 90.6 Å². The van der Waals surface area contributed by atoms with Crippen molar-refractivity contribution in [3.8, 4) is 5.69 Å². The number of para-hydroxylation sites is 3. The molecule has 0 saturated heterocycles. The van der Waals surface area contributed by atoms with Gasteiger partial charge in [0, 0.05) is 16.5 Å². The molecule has 0 fully saturated rings. The first-order valence-corrected chi connectivity index (χ1v) is 9.91. The Labute approximate surface area is 165 Å². The summed E-state index contributed by atoms with van der Waals surface area (Å²) in [5.41, 5.74) is 7.98. The Morgan fingerprint density at radius 3 is 2.54 bits per heavy atom. The van der Waals surface area contributed by atoms with E-state index >= 15 is 0 Å². The molecule has 3 aromatic carbocycles. The molecule has 5 rings (SSSR count). The Morgan fingerprint density at radius 2 is 1.61 bits per heavy atom. The van der Waals surface area contributed by atoms with Gasteiger partial charge >= 0.3 is 0 Å². The minimum absolute atomic E-state index is 0.966. The molecule has 0 amide bonds. The molecule has 0 N–H and O–H groups in total. The van der Waals surface area contributed by atoms with E-state index in [9.17, 15) is 0 Å². The van der Waals surface area contributed by atoms with E-state index < -0.39 is 0 Å². The van der Waals surface area contributed by atoms with Crippen molar-refractivity contribution in [2.45, 2.75) is 19.8 Å². The topological polar surface area (TPSA) is 4.93 Å². The maximum absolute atomic E-state index is 2.46. The van der Waals surface area contributed by atoms with Crippen molar-refractivity contribution in [3.05, 3.63) is 114 Å². The van der Waals surface area contributed by atoms with Gasteiger partial charge in [0.15, 0.2) is 0 Å². The van der Waals surface area contributed by atoms with Crippen molar-refractivity contribution in [2.24, 2.45) is 0 Å². The van der Waals surface area contributed by atoms with E-state index in [1.54, 1.807) is 0 Å². The first-order chi connectivity index (χ1) is 13.8. The molecule has 0 atom stereocenters. The summed E-state index contributed by atoms with van der Waals surface area (Å²) in [5.74, 6) is 0. The van der Waals surface area contributed by atoms with Crippen LogP contribution in [0.4, 0.5) is 0 Å². The summed E-state index contributed by atoms with van der Waals surface area (Å²) in [5, 5.41) is 2.65. The van der Waals surface area contributed by atoms with Crippen molar-refractivity contribution < 1.29 is 0 Å². The first-order valence-electron chi connectivity index (χ1n) is 9.91. The van der Waals surface area contributed by atoms with Crippen molar-refractivity contribution in [1.29, 1.82) is 0 Å². The van der Waals surface area contributed by atoms with Crippen LogP contribution in [0.3, 0.4) is 0 Å². The third-order valence-corrected chi connectivity index (χ3v) is 5.62. The molecule has 1 aliphatic carbocycles. The summed E-state index contributed by atoms with van der Waals surface area (Å²) in [6, 6.07) is 24.2. The van der Waals surface area contributed by atoms with Crippen LogP contribution in [0.2, 0.25) is 0 Å². The molecule has 28 heavy (non-hydrogen) atoms. The number of hydrogen-bond acceptors (Lipinski definition) is 0. The molecule has 1 nitrogen and oxygen atoms in total. The van der Waals surface area contributed by atoms with Gasteiger partial charge in [0.2, 0.25) is 0 Å². The maximum Gasteiger partial charge on any atom is 0.0576 e. The third-order valence-electron chi connectivity index (χ3n) is 5.62. The van der Waals surface area contributed by atoms with Gasteiger partial charge < -0.3 is 4.57 Å². The molecule has 0 radical (unpaired) electrons. The fourth-order valence-corrected chi connectivity index (χ4v) is 4.29. The van der Waals surface area contributed by atoms with E-state index in [1.807, 2.05) is 0 Å². The standard InChI is InChI=1S/C27H23N/c1-20-11-6-8-17-25(20)28-26-18-9-7-15-23(26)24-16-10-14-22(27(24)28)19-21-12-4-2-3-5-13-21/h2-12,14-18H,13,19H2,1H3. The second kappa shape index (κ2) is 7.01. The minimum Gasteiger partial charge on any atom is -0.309 e. The smallest absolute Gasteiger partial charge is 0.0576 e. The zero-order valence-corrected chi connectivity index (χ0v) is 16.1. The average Bonchev–Trinajstić information content (AvgIpc) is 2.86. The Balaban J connectivity index is 1.81. The Bertz CT molecular complexity index is 1260. The van der Waals surface area contributed by atoms with Gasteiger partial charge in [-0.2, -0.15) is 0 Å². The fraction of sp³-hybridized carbons (Fsp3) is 0.111. The van der Waals surface area contributed by atoms with E-state index in [2.05, 4.69) is 109 Å². The largest absolute Gasteiger partial charge is 0.309 e. The van der Waals surface area contributed by atoms with Crippen molar-refractivity contribution in [1.82, 2.24) is 4.57 Å². The zero-order chi connectivity index (χ0) is 18.9. The molecule has 0 spiro atoms. The summed E-state index contributed by atoms with van der Waals surface area (Å²) in [7, 11) is 0. The van der Waals surface area contributed by atoms with E-state index in [-0.39, 0.29) is 0 Å². The van der Waals surface area contributed by atoms with Crippen LogP contribution in [0.5, 0.6) is 0 Å². The van der Waals surface area contributed by atoms with Crippen LogP contribution in [-0.2, 0) is 6.42 Å². The molecule has 0 saturated carbocycles. The molecule has 1 aromatic heterocycles. The average molecular weight is 361 g/mol. The van der Waals surface area contributed by atoms with Crippen molar-refractivity contribution in [3.63, 3.8) is 0 Å². The number of hydrogen-bond donors (Lipinski definition) is 0. The van der Waals surface area contributed by atoms with Crippen LogP contribution < -0.4 is 0 Å². The lowest BCUT2D eigenvalue weighted by Gasteiger charge is -2.14. The Hall–Kier alpha value is -3.32.